The number of aryl methyl sites for hydroxylation is 1. The third-order valence-corrected chi connectivity index (χ3v) is 7.46. The highest BCUT2D eigenvalue weighted by atomic mass is 35.5. The molecule has 1 aliphatic rings. The second-order valence-electron chi connectivity index (χ2n) is 9.75. The summed E-state index contributed by atoms with van der Waals surface area (Å²) in [5.41, 5.74) is 7.54. The molecule has 182 valence electrons. The zero-order chi connectivity index (χ0) is 24.7. The largest absolute Gasteiger partial charge is 0.371 e. The third-order valence-electron chi connectivity index (χ3n) is 7.14. The summed E-state index contributed by atoms with van der Waals surface area (Å²) in [6.45, 7) is 19.3. The molecule has 0 atom stereocenters. The van der Waals surface area contributed by atoms with Gasteiger partial charge in [-0.1, -0.05) is 69.7 Å². The van der Waals surface area contributed by atoms with Gasteiger partial charge in [-0.15, -0.1) is 0 Å². The van der Waals surface area contributed by atoms with E-state index in [0.29, 0.717) is 5.92 Å². The van der Waals surface area contributed by atoms with Crippen molar-refractivity contribution in [1.82, 2.24) is 4.90 Å². The summed E-state index contributed by atoms with van der Waals surface area (Å²) in [5, 5.41) is 0.737. The summed E-state index contributed by atoms with van der Waals surface area (Å²) >= 11 is 6.70. The molecule has 0 aromatic heterocycles. The molecule has 1 heterocycles. The maximum Gasteiger partial charge on any atom is 0.123 e. The number of piperidine rings is 1. The predicted octanol–water partition coefficient (Wildman–Crippen LogP) is 9.25. The summed E-state index contributed by atoms with van der Waals surface area (Å²) in [5.74, 6) is 0.432. The van der Waals surface area contributed by atoms with Gasteiger partial charge in [-0.2, -0.15) is 0 Å². The Labute approximate surface area is 211 Å². The fourth-order valence-electron chi connectivity index (χ4n) is 4.86. The molecule has 1 saturated heterocycles. The van der Waals surface area contributed by atoms with Gasteiger partial charge in [-0.3, -0.25) is 0 Å². The summed E-state index contributed by atoms with van der Waals surface area (Å²) < 4.78 is 13.2. The Kier molecular flexibility index (Phi) is 9.59. The highest BCUT2D eigenvalue weighted by Crippen LogP contribution is 2.35. The lowest BCUT2D eigenvalue weighted by molar-refractivity contribution is 0.254. The van der Waals surface area contributed by atoms with Crippen LogP contribution in [0.2, 0.25) is 5.02 Å². The topological polar surface area (TPSA) is 3.24 Å². The van der Waals surface area contributed by atoms with Crippen LogP contribution in [0.1, 0.15) is 74.1 Å². The second-order valence-corrected chi connectivity index (χ2v) is 10.2. The van der Waals surface area contributed by atoms with Crippen LogP contribution < -0.4 is 0 Å². The number of halogens is 2. The lowest BCUT2D eigenvalue weighted by Crippen LogP contribution is -2.33. The fourth-order valence-corrected chi connectivity index (χ4v) is 5.18. The Morgan fingerprint density at radius 2 is 1.68 bits per heavy atom. The molecule has 2 aromatic carbocycles. The maximum atomic E-state index is 13.2. The Hall–Kier alpha value is -2.32. The van der Waals surface area contributed by atoms with Crippen LogP contribution in [0.15, 0.2) is 61.7 Å². The van der Waals surface area contributed by atoms with E-state index in [2.05, 4.69) is 44.6 Å². The highest BCUT2D eigenvalue weighted by molar-refractivity contribution is 6.32. The molecular formula is C31H39ClFN. The van der Waals surface area contributed by atoms with E-state index < -0.39 is 0 Å². The highest BCUT2D eigenvalue weighted by Gasteiger charge is 2.23. The summed E-state index contributed by atoms with van der Waals surface area (Å²) in [4.78, 5) is 2.35. The first kappa shape index (κ1) is 26.3. The number of benzene rings is 2. The average molecular weight is 480 g/mol. The first-order chi connectivity index (χ1) is 16.3. The van der Waals surface area contributed by atoms with Gasteiger partial charge in [0.05, 0.1) is 5.02 Å². The number of rotatable bonds is 11. The number of allylic oxidation sites excluding steroid dienone is 2. The monoisotopic (exact) mass is 479 g/mol. The second kappa shape index (κ2) is 12.4. The van der Waals surface area contributed by atoms with Gasteiger partial charge in [0.15, 0.2) is 0 Å². The van der Waals surface area contributed by atoms with E-state index in [1.807, 2.05) is 18.2 Å². The van der Waals surface area contributed by atoms with Gasteiger partial charge in [0.25, 0.3) is 0 Å². The summed E-state index contributed by atoms with van der Waals surface area (Å²) in [7, 11) is 0. The lowest BCUT2D eigenvalue weighted by atomic mass is 9.89. The molecule has 0 aliphatic carbocycles. The van der Waals surface area contributed by atoms with Crippen molar-refractivity contribution in [3.8, 4) is 0 Å². The van der Waals surface area contributed by atoms with E-state index in [9.17, 15) is 4.39 Å². The summed E-state index contributed by atoms with van der Waals surface area (Å²) in [6, 6.07) is 11.1. The minimum atomic E-state index is -0.174. The minimum Gasteiger partial charge on any atom is -0.371 e. The van der Waals surface area contributed by atoms with E-state index in [1.165, 1.54) is 24.8 Å². The molecule has 0 unspecified atom stereocenters. The van der Waals surface area contributed by atoms with E-state index in [-0.39, 0.29) is 5.82 Å². The van der Waals surface area contributed by atoms with Crippen LogP contribution in [-0.2, 0) is 6.42 Å². The zero-order valence-corrected chi connectivity index (χ0v) is 21.7. The van der Waals surface area contributed by atoms with Gasteiger partial charge in [0.1, 0.15) is 5.82 Å². The van der Waals surface area contributed by atoms with Crippen molar-refractivity contribution in [2.24, 2.45) is 5.92 Å². The van der Waals surface area contributed by atoms with E-state index in [4.69, 9.17) is 11.6 Å². The smallest absolute Gasteiger partial charge is 0.123 e. The average Bonchev–Trinajstić information content (AvgIpc) is 2.83. The molecule has 0 saturated carbocycles. The number of hydrogen-bond acceptors (Lipinski definition) is 1. The van der Waals surface area contributed by atoms with Crippen molar-refractivity contribution in [3.63, 3.8) is 0 Å². The van der Waals surface area contributed by atoms with E-state index >= 15 is 0 Å². The standard InChI is InChI=1S/C31H39ClFN/c1-6-7-8-9-10-22(2)24(4)29-21-30(31(32)19-23(29)3)25(5)34-17-15-27(16-18-34)20-26-11-13-28(33)14-12-26/h11-14,19,21,27H,2,4-10,15-18,20H2,1,3H3. The van der Waals surface area contributed by atoms with Crippen LogP contribution in [0, 0.1) is 18.7 Å². The molecular weight excluding hydrogens is 441 g/mol. The summed E-state index contributed by atoms with van der Waals surface area (Å²) in [6.07, 6.45) is 9.06. The van der Waals surface area contributed by atoms with Crippen LogP contribution in [0.4, 0.5) is 4.39 Å². The van der Waals surface area contributed by atoms with Crippen LogP contribution >= 0.6 is 11.6 Å². The molecule has 1 nitrogen and oxygen atoms in total. The molecule has 0 radical (unpaired) electrons. The van der Waals surface area contributed by atoms with Crippen LogP contribution in [0.3, 0.4) is 0 Å². The molecule has 0 N–H and O–H groups in total. The van der Waals surface area contributed by atoms with Gasteiger partial charge in [0, 0.05) is 24.4 Å². The molecule has 2 aromatic rings. The minimum absolute atomic E-state index is 0.174. The quantitative estimate of drug-likeness (QED) is 0.229. The molecule has 3 rings (SSSR count). The molecule has 0 amide bonds. The lowest BCUT2D eigenvalue weighted by Gasteiger charge is -2.35. The SMILES string of the molecule is C=C(CCCCCC)C(=C)c1cc(C(=C)N2CCC(Cc3ccc(F)cc3)CC2)c(Cl)cc1C. The van der Waals surface area contributed by atoms with Gasteiger partial charge >= 0.3 is 0 Å². The molecule has 1 aliphatic heterocycles. The van der Waals surface area contributed by atoms with Gasteiger partial charge in [-0.05, 0) is 97.0 Å². The van der Waals surface area contributed by atoms with Crippen molar-refractivity contribution in [2.45, 2.75) is 65.2 Å². The molecule has 3 heteroatoms. The first-order valence-electron chi connectivity index (χ1n) is 12.7. The number of nitrogens with zero attached hydrogens (tertiary/aromatic N) is 1. The predicted molar refractivity (Wildman–Crippen MR) is 147 cm³/mol. The van der Waals surface area contributed by atoms with Crippen molar-refractivity contribution < 1.29 is 4.39 Å². The number of hydrogen-bond donors (Lipinski definition) is 0. The molecule has 1 fully saturated rings. The third kappa shape index (κ3) is 6.85. The molecule has 0 spiro atoms. The van der Waals surface area contributed by atoms with Gasteiger partial charge in [-0.25, -0.2) is 4.39 Å². The Morgan fingerprint density at radius 1 is 1.00 bits per heavy atom. The Morgan fingerprint density at radius 3 is 2.32 bits per heavy atom. The van der Waals surface area contributed by atoms with Crippen LogP contribution in [-0.4, -0.2) is 18.0 Å². The normalized spacial score (nSPS) is 14.3. The van der Waals surface area contributed by atoms with Crippen LogP contribution in [0.5, 0.6) is 0 Å². The van der Waals surface area contributed by atoms with Crippen LogP contribution in [0.25, 0.3) is 11.3 Å². The van der Waals surface area contributed by atoms with Crippen molar-refractivity contribution in [1.29, 1.82) is 0 Å². The maximum absolute atomic E-state index is 13.2. The van der Waals surface area contributed by atoms with Gasteiger partial charge < -0.3 is 4.90 Å². The zero-order valence-electron chi connectivity index (χ0n) is 20.9. The van der Waals surface area contributed by atoms with Crippen molar-refractivity contribution >= 4 is 22.9 Å². The number of unbranched alkanes of at least 4 members (excludes halogenated alkanes) is 3. The molecule has 34 heavy (non-hydrogen) atoms. The molecule has 0 bridgehead atoms. The Balaban J connectivity index is 1.64. The van der Waals surface area contributed by atoms with Crippen molar-refractivity contribution in [3.05, 3.63) is 94.8 Å². The van der Waals surface area contributed by atoms with E-state index in [0.717, 1.165) is 83.7 Å². The number of likely N-dealkylation sites (tertiary alicyclic amines) is 1. The van der Waals surface area contributed by atoms with E-state index in [1.54, 1.807) is 12.1 Å². The first-order valence-corrected chi connectivity index (χ1v) is 13.0. The Bertz CT molecular complexity index is 1010. The fraction of sp³-hybridized carbons (Fsp3) is 0.419. The van der Waals surface area contributed by atoms with Crippen molar-refractivity contribution in [2.75, 3.05) is 13.1 Å². The van der Waals surface area contributed by atoms with Gasteiger partial charge in [0.2, 0.25) is 0 Å².